The lowest BCUT2D eigenvalue weighted by Gasteiger charge is -2.32. The summed E-state index contributed by atoms with van der Waals surface area (Å²) in [6.45, 7) is 4.28. The fraction of sp³-hybridized carbons (Fsp3) is 0.586. The molecule has 2 saturated heterocycles. The number of carbonyl (C=O) groups excluding carboxylic acids is 4. The van der Waals surface area contributed by atoms with Crippen LogP contribution in [0.4, 0.5) is 0 Å². The molecule has 1 aromatic carbocycles. The smallest absolute Gasteiger partial charge is 0.271 e. The Kier molecular flexibility index (Phi) is 7.50. The highest BCUT2D eigenvalue weighted by Crippen LogP contribution is 2.47. The second kappa shape index (κ2) is 10.6. The van der Waals surface area contributed by atoms with Gasteiger partial charge in [0.25, 0.3) is 5.91 Å². The zero-order valence-electron chi connectivity index (χ0n) is 23.3. The molecule has 10 nitrogen and oxygen atoms in total. The number of H-pyrrole nitrogens is 1. The van der Waals surface area contributed by atoms with Crippen LogP contribution in [-0.4, -0.2) is 64.8 Å². The molecule has 1 aliphatic carbocycles. The number of halogens is 1. The van der Waals surface area contributed by atoms with Gasteiger partial charge >= 0.3 is 0 Å². The van der Waals surface area contributed by atoms with E-state index >= 15 is 0 Å². The second-order valence-corrected chi connectivity index (χ2v) is 12.8. The summed E-state index contributed by atoms with van der Waals surface area (Å²) in [4.78, 5) is 57.4. The first-order valence-electron chi connectivity index (χ1n) is 14.0. The Morgan fingerprint density at radius 3 is 2.55 bits per heavy atom. The van der Waals surface area contributed by atoms with Crippen molar-refractivity contribution in [3.05, 3.63) is 28.9 Å². The highest BCUT2D eigenvalue weighted by atomic mass is 35.5. The number of fused-ring (bicyclic) bond motifs is 1. The molecule has 40 heavy (non-hydrogen) atoms. The fourth-order valence-corrected chi connectivity index (χ4v) is 7.17. The number of nitrogens with two attached hydrogens (primary N) is 1. The lowest BCUT2D eigenvalue weighted by molar-refractivity contribution is -0.131. The lowest BCUT2D eigenvalue weighted by Crippen LogP contribution is -2.53. The largest absolute Gasteiger partial charge is 0.496 e. The second-order valence-electron chi connectivity index (χ2n) is 12.4. The summed E-state index contributed by atoms with van der Waals surface area (Å²) >= 11 is 6.40. The molecule has 0 bridgehead atoms. The van der Waals surface area contributed by atoms with Gasteiger partial charge in [0, 0.05) is 23.4 Å². The number of primary amides is 1. The van der Waals surface area contributed by atoms with E-state index in [1.165, 1.54) is 0 Å². The van der Waals surface area contributed by atoms with Crippen LogP contribution in [0.15, 0.2) is 18.2 Å². The molecule has 3 atom stereocenters. The highest BCUT2D eigenvalue weighted by molar-refractivity contribution is 6.35. The van der Waals surface area contributed by atoms with Crippen LogP contribution in [0.1, 0.15) is 75.7 Å². The number of methoxy groups -OCH3 is 1. The number of carbonyl (C=O) groups is 4. The quantitative estimate of drug-likeness (QED) is 0.403. The number of ether oxygens (including phenoxy) is 1. The highest BCUT2D eigenvalue weighted by Gasteiger charge is 2.50. The molecule has 3 aliphatic rings. The van der Waals surface area contributed by atoms with Crippen molar-refractivity contribution in [2.75, 3.05) is 13.7 Å². The third kappa shape index (κ3) is 5.38. The molecule has 11 heteroatoms. The molecule has 2 aromatic rings. The van der Waals surface area contributed by atoms with Gasteiger partial charge in [-0.05, 0) is 69.6 Å². The number of aromatic amines is 1. The molecular formula is C29H38ClN5O5. The molecule has 5 rings (SSSR count). The molecule has 1 saturated carbocycles. The first-order valence-corrected chi connectivity index (χ1v) is 14.4. The number of hydrogen-bond donors (Lipinski definition) is 4. The summed E-state index contributed by atoms with van der Waals surface area (Å²) in [6.07, 6.45) is 6.26. The van der Waals surface area contributed by atoms with E-state index in [1.54, 1.807) is 30.2 Å². The van der Waals surface area contributed by atoms with Crippen molar-refractivity contribution in [1.29, 1.82) is 0 Å². The Morgan fingerprint density at radius 1 is 1.20 bits per heavy atom. The van der Waals surface area contributed by atoms with Crippen molar-refractivity contribution >= 4 is 46.1 Å². The van der Waals surface area contributed by atoms with E-state index in [4.69, 9.17) is 22.1 Å². The van der Waals surface area contributed by atoms with E-state index in [9.17, 15) is 19.2 Å². The number of benzene rings is 1. The first-order chi connectivity index (χ1) is 18.9. The number of nitrogens with one attached hydrogen (secondary N) is 3. The zero-order valence-corrected chi connectivity index (χ0v) is 24.0. The van der Waals surface area contributed by atoms with Crippen LogP contribution in [0, 0.1) is 11.3 Å². The van der Waals surface area contributed by atoms with Gasteiger partial charge < -0.3 is 31.0 Å². The number of nitrogens with zero attached hydrogens (tertiary/aromatic N) is 1. The van der Waals surface area contributed by atoms with E-state index in [0.717, 1.165) is 32.1 Å². The fourth-order valence-electron chi connectivity index (χ4n) is 6.96. The van der Waals surface area contributed by atoms with Crippen LogP contribution in [0.3, 0.4) is 0 Å². The van der Waals surface area contributed by atoms with Crippen LogP contribution in [0.2, 0.25) is 5.02 Å². The van der Waals surface area contributed by atoms with Crippen LogP contribution in [-0.2, 0) is 14.4 Å². The molecule has 5 N–H and O–H groups in total. The van der Waals surface area contributed by atoms with Gasteiger partial charge in [-0.25, -0.2) is 0 Å². The average molecular weight is 572 g/mol. The summed E-state index contributed by atoms with van der Waals surface area (Å²) in [5.41, 5.74) is 6.04. The van der Waals surface area contributed by atoms with Gasteiger partial charge in [-0.15, -0.1) is 0 Å². The molecule has 0 radical (unpaired) electrons. The van der Waals surface area contributed by atoms with E-state index in [0.29, 0.717) is 46.8 Å². The minimum atomic E-state index is -1.02. The lowest BCUT2D eigenvalue weighted by atomic mass is 9.72. The first kappa shape index (κ1) is 28.3. The predicted molar refractivity (Wildman–Crippen MR) is 151 cm³/mol. The molecule has 3 unspecified atom stereocenters. The minimum Gasteiger partial charge on any atom is -0.496 e. The van der Waals surface area contributed by atoms with Crippen LogP contribution in [0.25, 0.3) is 10.9 Å². The molecule has 216 valence electrons. The summed E-state index contributed by atoms with van der Waals surface area (Å²) < 4.78 is 5.45. The average Bonchev–Trinajstić information content (AvgIpc) is 3.58. The van der Waals surface area contributed by atoms with Crippen molar-refractivity contribution in [3.8, 4) is 5.75 Å². The molecule has 1 aromatic heterocycles. The topological polar surface area (TPSA) is 147 Å². The Balaban J connectivity index is 1.41. The van der Waals surface area contributed by atoms with E-state index in [-0.39, 0.29) is 29.2 Å². The SMILES string of the molecule is COc1ccc(Cl)c2[nH]c(C(=O)N3CC4(CCCCC4)CC3C(=O)NC(CC3CC(C)(C)NC3=O)C(N)=O)cc12. The Morgan fingerprint density at radius 2 is 1.93 bits per heavy atom. The standard InChI is InChI=1S/C29H38ClN5O5/c1-28(2)13-16(25(37)34-28)11-19(24(31)36)33-26(38)21-14-29(9-5-4-6-10-29)15-35(21)27(39)20-12-17-22(40-3)8-7-18(30)23(17)32-20/h7-8,12,16,19,21,32H,4-6,9-11,13-15H2,1-3H3,(H2,31,36)(H,33,38)(H,34,37). The van der Waals surface area contributed by atoms with Crippen molar-refractivity contribution < 1.29 is 23.9 Å². The summed E-state index contributed by atoms with van der Waals surface area (Å²) in [5, 5.41) is 6.86. The molecule has 4 amide bonds. The molecule has 1 spiro atoms. The molecule has 3 heterocycles. The number of amides is 4. The van der Waals surface area contributed by atoms with Gasteiger partial charge in [0.15, 0.2) is 0 Å². The van der Waals surface area contributed by atoms with Crippen molar-refractivity contribution in [3.63, 3.8) is 0 Å². The number of rotatable bonds is 7. The van der Waals surface area contributed by atoms with Gasteiger partial charge in [0.05, 0.1) is 17.6 Å². The molecule has 3 fully saturated rings. The monoisotopic (exact) mass is 571 g/mol. The van der Waals surface area contributed by atoms with E-state index < -0.39 is 29.8 Å². The van der Waals surface area contributed by atoms with Crippen LogP contribution >= 0.6 is 11.6 Å². The maximum Gasteiger partial charge on any atom is 0.271 e. The third-order valence-corrected chi connectivity index (χ3v) is 9.22. The maximum atomic E-state index is 14.0. The van der Waals surface area contributed by atoms with Crippen molar-refractivity contribution in [1.82, 2.24) is 20.5 Å². The van der Waals surface area contributed by atoms with Crippen LogP contribution in [0.5, 0.6) is 5.75 Å². The summed E-state index contributed by atoms with van der Waals surface area (Å²) in [7, 11) is 1.55. The number of aromatic nitrogens is 1. The van der Waals surface area contributed by atoms with E-state index in [1.807, 2.05) is 13.8 Å². The third-order valence-electron chi connectivity index (χ3n) is 8.91. The zero-order chi connectivity index (χ0) is 28.8. The van der Waals surface area contributed by atoms with Gasteiger partial charge in [-0.2, -0.15) is 0 Å². The summed E-state index contributed by atoms with van der Waals surface area (Å²) in [5.74, 6) is -1.46. The van der Waals surface area contributed by atoms with Crippen molar-refractivity contribution in [2.45, 2.75) is 82.8 Å². The van der Waals surface area contributed by atoms with Crippen molar-refractivity contribution in [2.24, 2.45) is 17.1 Å². The molecule has 2 aliphatic heterocycles. The number of likely N-dealkylation sites (tertiary alicyclic amines) is 1. The Bertz CT molecular complexity index is 1350. The molecular weight excluding hydrogens is 534 g/mol. The van der Waals surface area contributed by atoms with Crippen LogP contribution < -0.4 is 21.1 Å². The van der Waals surface area contributed by atoms with Gasteiger partial charge in [0.1, 0.15) is 23.5 Å². The van der Waals surface area contributed by atoms with E-state index in [2.05, 4.69) is 15.6 Å². The Hall–Kier alpha value is -3.27. The van der Waals surface area contributed by atoms with Gasteiger partial charge in [-0.3, -0.25) is 19.2 Å². The summed E-state index contributed by atoms with van der Waals surface area (Å²) in [6, 6.07) is 3.35. The minimum absolute atomic E-state index is 0.114. The van der Waals surface area contributed by atoms with Gasteiger partial charge in [0.2, 0.25) is 17.7 Å². The maximum absolute atomic E-state index is 14.0. The normalized spacial score (nSPS) is 24.2. The number of hydrogen-bond acceptors (Lipinski definition) is 5. The Labute approximate surface area is 238 Å². The van der Waals surface area contributed by atoms with Gasteiger partial charge in [-0.1, -0.05) is 30.9 Å². The predicted octanol–water partition coefficient (Wildman–Crippen LogP) is 3.27.